The number of carbonyl (C=O) groups is 3. The Morgan fingerprint density at radius 2 is 1.92 bits per heavy atom. The van der Waals surface area contributed by atoms with Gasteiger partial charge < -0.3 is 29.0 Å². The van der Waals surface area contributed by atoms with Crippen molar-refractivity contribution >= 4 is 23.7 Å². The van der Waals surface area contributed by atoms with Crippen LogP contribution >= 0.6 is 0 Å². The molecule has 0 radical (unpaired) electrons. The van der Waals surface area contributed by atoms with Gasteiger partial charge in [-0.3, -0.25) is 9.59 Å². The van der Waals surface area contributed by atoms with Gasteiger partial charge in [-0.2, -0.15) is 0 Å². The average molecular weight is 509 g/mol. The lowest BCUT2D eigenvalue weighted by Gasteiger charge is -2.31. The van der Waals surface area contributed by atoms with Crippen molar-refractivity contribution in [1.29, 1.82) is 0 Å². The molecular weight excluding hydrogens is 480 g/mol. The minimum absolute atomic E-state index is 0.0488. The van der Waals surface area contributed by atoms with Crippen LogP contribution in [0.2, 0.25) is 0 Å². The molecule has 1 N–H and O–H groups in total. The molecule has 0 aliphatic carbocycles. The number of methoxy groups -OCH3 is 2. The van der Waals surface area contributed by atoms with Crippen LogP contribution in [-0.2, 0) is 20.9 Å². The lowest BCUT2D eigenvalue weighted by atomic mass is 10.1. The fourth-order valence-corrected chi connectivity index (χ4v) is 4.33. The SMILES string of the molecule is C=CCOC(=O)N1c2cc(OCc3ccccc3)c(OC)cc2C(=O)N2C=C(CC(=O)OC)C[C@H]2[C@@H]1O. The molecule has 194 valence electrons. The van der Waals surface area contributed by atoms with Gasteiger partial charge in [0.15, 0.2) is 17.7 Å². The fraction of sp³-hybridized carbons (Fsp3) is 0.296. The second kappa shape index (κ2) is 11.2. The molecule has 0 fully saturated rings. The second-order valence-corrected chi connectivity index (χ2v) is 8.47. The van der Waals surface area contributed by atoms with Gasteiger partial charge in [-0.25, -0.2) is 9.69 Å². The first-order valence-electron chi connectivity index (χ1n) is 11.6. The number of aliphatic hydroxyl groups excluding tert-OH is 1. The average Bonchev–Trinajstić information content (AvgIpc) is 3.31. The molecule has 2 atom stereocenters. The van der Waals surface area contributed by atoms with Crippen molar-refractivity contribution in [3.05, 3.63) is 78.0 Å². The molecule has 10 heteroatoms. The maximum absolute atomic E-state index is 13.7. The number of hydrogen-bond acceptors (Lipinski definition) is 8. The third-order valence-corrected chi connectivity index (χ3v) is 6.12. The summed E-state index contributed by atoms with van der Waals surface area (Å²) >= 11 is 0. The molecule has 2 aliphatic rings. The predicted octanol–water partition coefficient (Wildman–Crippen LogP) is 3.40. The van der Waals surface area contributed by atoms with Crippen LogP contribution in [0.15, 0.2) is 66.9 Å². The summed E-state index contributed by atoms with van der Waals surface area (Å²) in [5.74, 6) is -0.412. The molecule has 0 saturated heterocycles. The number of ether oxygens (including phenoxy) is 4. The highest BCUT2D eigenvalue weighted by molar-refractivity contribution is 6.06. The number of hydrogen-bond donors (Lipinski definition) is 1. The quantitative estimate of drug-likeness (QED) is 0.426. The van der Waals surface area contributed by atoms with Gasteiger partial charge in [-0.1, -0.05) is 43.0 Å². The zero-order valence-corrected chi connectivity index (χ0v) is 20.6. The van der Waals surface area contributed by atoms with Gasteiger partial charge in [0, 0.05) is 12.3 Å². The van der Waals surface area contributed by atoms with E-state index in [1.165, 1.54) is 43.5 Å². The molecule has 2 aromatic carbocycles. The van der Waals surface area contributed by atoms with E-state index in [-0.39, 0.29) is 48.8 Å². The second-order valence-electron chi connectivity index (χ2n) is 8.47. The Morgan fingerprint density at radius 1 is 1.16 bits per heavy atom. The number of fused-ring (bicyclic) bond motifs is 2. The summed E-state index contributed by atoms with van der Waals surface area (Å²) in [6, 6.07) is 11.5. The van der Waals surface area contributed by atoms with Crippen molar-refractivity contribution in [2.45, 2.75) is 31.7 Å². The highest BCUT2D eigenvalue weighted by Gasteiger charge is 2.45. The van der Waals surface area contributed by atoms with Crippen molar-refractivity contribution < 1.29 is 38.4 Å². The molecule has 2 aliphatic heterocycles. The van der Waals surface area contributed by atoms with Crippen LogP contribution in [0.5, 0.6) is 11.5 Å². The van der Waals surface area contributed by atoms with Crippen LogP contribution in [0.1, 0.15) is 28.8 Å². The van der Waals surface area contributed by atoms with Crippen molar-refractivity contribution in [2.24, 2.45) is 0 Å². The van der Waals surface area contributed by atoms with E-state index in [9.17, 15) is 19.5 Å². The summed E-state index contributed by atoms with van der Waals surface area (Å²) in [6.45, 7) is 3.66. The molecule has 0 unspecified atom stereocenters. The van der Waals surface area contributed by atoms with Crippen molar-refractivity contribution in [2.75, 3.05) is 25.7 Å². The number of aliphatic hydroxyl groups is 1. The Labute approximate surface area is 214 Å². The lowest BCUT2D eigenvalue weighted by molar-refractivity contribution is -0.139. The van der Waals surface area contributed by atoms with Crippen LogP contribution < -0.4 is 14.4 Å². The lowest BCUT2D eigenvalue weighted by Crippen LogP contribution is -2.50. The summed E-state index contributed by atoms with van der Waals surface area (Å²) in [7, 11) is 2.71. The zero-order chi connectivity index (χ0) is 26.5. The molecule has 10 nitrogen and oxygen atoms in total. The van der Waals surface area contributed by atoms with Gasteiger partial charge in [-0.05, 0) is 23.6 Å². The fourth-order valence-electron chi connectivity index (χ4n) is 4.33. The summed E-state index contributed by atoms with van der Waals surface area (Å²) in [5, 5.41) is 11.4. The van der Waals surface area contributed by atoms with Crippen molar-refractivity contribution in [3.8, 4) is 11.5 Å². The van der Waals surface area contributed by atoms with E-state index in [0.717, 1.165) is 10.5 Å². The Balaban J connectivity index is 1.77. The van der Waals surface area contributed by atoms with E-state index in [0.29, 0.717) is 5.57 Å². The molecule has 2 heterocycles. The zero-order valence-electron chi connectivity index (χ0n) is 20.6. The molecule has 4 rings (SSSR count). The number of benzene rings is 2. The number of nitrogens with zero attached hydrogens (tertiary/aromatic N) is 2. The summed E-state index contributed by atoms with van der Waals surface area (Å²) in [4.78, 5) is 41.0. The molecule has 2 amide bonds. The molecule has 37 heavy (non-hydrogen) atoms. The van der Waals surface area contributed by atoms with Gasteiger partial charge in [0.25, 0.3) is 5.91 Å². The van der Waals surface area contributed by atoms with E-state index >= 15 is 0 Å². The van der Waals surface area contributed by atoms with E-state index in [1.54, 1.807) is 0 Å². The molecule has 0 spiro atoms. The highest BCUT2D eigenvalue weighted by Crippen LogP contribution is 2.42. The Kier molecular flexibility index (Phi) is 7.78. The van der Waals surface area contributed by atoms with Crippen LogP contribution in [0, 0.1) is 0 Å². The number of amides is 2. The van der Waals surface area contributed by atoms with Gasteiger partial charge in [0.05, 0.1) is 37.9 Å². The maximum Gasteiger partial charge on any atom is 0.416 e. The minimum Gasteiger partial charge on any atom is -0.493 e. The minimum atomic E-state index is -1.48. The Bertz CT molecular complexity index is 1230. The van der Waals surface area contributed by atoms with Gasteiger partial charge in [0.2, 0.25) is 0 Å². The Hall–Kier alpha value is -4.31. The first-order valence-corrected chi connectivity index (χ1v) is 11.6. The molecular formula is C27H28N2O8. The monoisotopic (exact) mass is 508 g/mol. The molecule has 0 aromatic heterocycles. The molecule has 0 saturated carbocycles. The predicted molar refractivity (Wildman–Crippen MR) is 133 cm³/mol. The third-order valence-electron chi connectivity index (χ3n) is 6.12. The largest absolute Gasteiger partial charge is 0.493 e. The summed E-state index contributed by atoms with van der Waals surface area (Å²) < 4.78 is 21.5. The van der Waals surface area contributed by atoms with E-state index < -0.39 is 30.2 Å². The van der Waals surface area contributed by atoms with Crippen LogP contribution in [0.3, 0.4) is 0 Å². The standard InChI is InChI=1S/C27H28N2O8/c1-4-10-36-27(33)29-20-14-23(37-16-17-8-6-5-7-9-17)22(34-2)13-19(20)25(31)28-15-18(12-24(30)35-3)11-21(28)26(29)32/h4-9,13-15,21,26,32H,1,10-12,16H2,2-3H3/t21-,26-/m0/s1. The topological polar surface area (TPSA) is 115 Å². The Morgan fingerprint density at radius 3 is 2.59 bits per heavy atom. The maximum atomic E-state index is 13.7. The van der Waals surface area contributed by atoms with Crippen LogP contribution in [0.25, 0.3) is 0 Å². The summed E-state index contributed by atoms with van der Waals surface area (Å²) in [5.41, 5.74) is 1.69. The smallest absolute Gasteiger partial charge is 0.416 e. The molecule has 0 bridgehead atoms. The normalized spacial score (nSPS) is 18.2. The van der Waals surface area contributed by atoms with E-state index in [2.05, 4.69) is 6.58 Å². The van der Waals surface area contributed by atoms with Crippen molar-refractivity contribution in [1.82, 2.24) is 4.90 Å². The molecule has 2 aromatic rings. The first-order chi connectivity index (χ1) is 17.9. The van der Waals surface area contributed by atoms with E-state index in [1.807, 2.05) is 30.3 Å². The first kappa shape index (κ1) is 25.8. The number of esters is 1. The van der Waals surface area contributed by atoms with Crippen molar-refractivity contribution in [3.63, 3.8) is 0 Å². The van der Waals surface area contributed by atoms with Gasteiger partial charge in [0.1, 0.15) is 13.2 Å². The third kappa shape index (κ3) is 5.29. The van der Waals surface area contributed by atoms with Crippen LogP contribution in [0.4, 0.5) is 10.5 Å². The summed E-state index contributed by atoms with van der Waals surface area (Å²) in [6.07, 6.45) is 0.673. The number of anilines is 1. The highest BCUT2D eigenvalue weighted by atomic mass is 16.6. The number of rotatable bonds is 8. The van der Waals surface area contributed by atoms with E-state index in [4.69, 9.17) is 18.9 Å². The van der Waals surface area contributed by atoms with Gasteiger partial charge >= 0.3 is 12.1 Å². The number of carbonyl (C=O) groups excluding carboxylic acids is 3. The van der Waals surface area contributed by atoms with Gasteiger partial charge in [-0.15, -0.1) is 0 Å². The van der Waals surface area contributed by atoms with Crippen LogP contribution in [-0.4, -0.2) is 61.1 Å².